The van der Waals surface area contributed by atoms with Crippen molar-refractivity contribution in [1.29, 1.82) is 0 Å². The average Bonchev–Trinajstić information content (AvgIpc) is 3.16. The van der Waals surface area contributed by atoms with Gasteiger partial charge in [-0.3, -0.25) is 9.59 Å². The zero-order valence-electron chi connectivity index (χ0n) is 16.6. The number of hydrogen-bond acceptors (Lipinski definition) is 4. The van der Waals surface area contributed by atoms with Crippen LogP contribution < -0.4 is 0 Å². The molecule has 2 heterocycles. The second-order valence-corrected chi connectivity index (χ2v) is 7.40. The van der Waals surface area contributed by atoms with Crippen molar-refractivity contribution in [2.45, 2.75) is 45.6 Å². The lowest BCUT2D eigenvalue weighted by Gasteiger charge is -2.35. The van der Waals surface area contributed by atoms with E-state index in [4.69, 9.17) is 4.84 Å². The van der Waals surface area contributed by atoms with Gasteiger partial charge in [0.1, 0.15) is 5.82 Å². The lowest BCUT2D eigenvalue weighted by atomic mass is 9.95. The summed E-state index contributed by atoms with van der Waals surface area (Å²) in [7, 11) is 0. The summed E-state index contributed by atoms with van der Waals surface area (Å²) in [5.41, 5.74) is 1.54. The van der Waals surface area contributed by atoms with Gasteiger partial charge in [-0.05, 0) is 44.4 Å². The van der Waals surface area contributed by atoms with Crippen molar-refractivity contribution >= 4 is 17.5 Å². The Morgan fingerprint density at radius 1 is 1.32 bits per heavy atom. The molecule has 6 nitrogen and oxygen atoms in total. The van der Waals surface area contributed by atoms with Crippen LogP contribution in [0.2, 0.25) is 0 Å². The van der Waals surface area contributed by atoms with Crippen LogP contribution in [0.5, 0.6) is 0 Å². The Morgan fingerprint density at radius 3 is 2.82 bits per heavy atom. The van der Waals surface area contributed by atoms with Gasteiger partial charge in [-0.15, -0.1) is 0 Å². The molecule has 0 saturated carbocycles. The number of rotatable bonds is 6. The van der Waals surface area contributed by atoms with Gasteiger partial charge in [0.2, 0.25) is 12.0 Å². The van der Waals surface area contributed by atoms with Gasteiger partial charge in [-0.25, -0.2) is 4.39 Å². The zero-order chi connectivity index (χ0) is 20.1. The maximum atomic E-state index is 13.3. The molecule has 0 aromatic heterocycles. The average molecular weight is 389 g/mol. The number of carbonyl (C=O) groups is 2. The molecule has 1 aromatic rings. The highest BCUT2D eigenvalue weighted by atomic mass is 19.1. The molecule has 0 aliphatic carbocycles. The summed E-state index contributed by atoms with van der Waals surface area (Å²) in [6.45, 7) is 6.38. The molecular weight excluding hydrogens is 361 g/mol. The van der Waals surface area contributed by atoms with E-state index in [2.05, 4.69) is 5.16 Å². The number of oxime groups is 1. The van der Waals surface area contributed by atoms with Crippen molar-refractivity contribution in [3.8, 4) is 0 Å². The van der Waals surface area contributed by atoms with Crippen molar-refractivity contribution < 1.29 is 18.8 Å². The van der Waals surface area contributed by atoms with Gasteiger partial charge in [-0.2, -0.15) is 0 Å². The minimum Gasteiger partial charge on any atom is -0.382 e. The molecular formula is C21H28FN3O3. The first-order valence-electron chi connectivity index (χ1n) is 10.0. The highest BCUT2D eigenvalue weighted by molar-refractivity contribution is 5.94. The Kier molecular flexibility index (Phi) is 6.65. The summed E-state index contributed by atoms with van der Waals surface area (Å²) in [6, 6.07) is 6.35. The van der Waals surface area contributed by atoms with E-state index in [1.807, 2.05) is 24.8 Å². The second-order valence-electron chi connectivity index (χ2n) is 7.40. The van der Waals surface area contributed by atoms with E-state index in [1.54, 1.807) is 11.0 Å². The maximum Gasteiger partial charge on any atom is 0.266 e. The molecule has 0 radical (unpaired) electrons. The summed E-state index contributed by atoms with van der Waals surface area (Å²) in [5.74, 6) is -0.429. The Balaban J connectivity index is 1.55. The molecule has 2 atom stereocenters. The van der Waals surface area contributed by atoms with E-state index in [-0.39, 0.29) is 23.5 Å². The Hall–Kier alpha value is -2.44. The largest absolute Gasteiger partial charge is 0.382 e. The second kappa shape index (κ2) is 9.17. The molecule has 2 aliphatic heterocycles. The van der Waals surface area contributed by atoms with Crippen LogP contribution in [0.3, 0.4) is 0 Å². The van der Waals surface area contributed by atoms with Crippen LogP contribution in [-0.2, 0) is 20.8 Å². The van der Waals surface area contributed by atoms with Crippen molar-refractivity contribution in [2.24, 2.45) is 11.1 Å². The number of hydrogen-bond donors (Lipinski definition) is 0. The molecule has 1 aromatic carbocycles. The molecule has 0 N–H and O–H groups in total. The highest BCUT2D eigenvalue weighted by Gasteiger charge is 2.36. The molecule has 28 heavy (non-hydrogen) atoms. The lowest BCUT2D eigenvalue weighted by Crippen LogP contribution is -2.49. The zero-order valence-corrected chi connectivity index (χ0v) is 16.6. The number of nitrogens with zero attached hydrogens (tertiary/aromatic N) is 3. The minimum absolute atomic E-state index is 0.116. The van der Waals surface area contributed by atoms with Gasteiger partial charge in [0.25, 0.3) is 5.91 Å². The van der Waals surface area contributed by atoms with Crippen LogP contribution in [-0.4, -0.2) is 59.6 Å². The van der Waals surface area contributed by atoms with E-state index in [0.29, 0.717) is 39.0 Å². The maximum absolute atomic E-state index is 13.3. The fourth-order valence-corrected chi connectivity index (χ4v) is 3.92. The first kappa shape index (κ1) is 20.3. The van der Waals surface area contributed by atoms with E-state index in [0.717, 1.165) is 24.1 Å². The highest BCUT2D eigenvalue weighted by Crippen LogP contribution is 2.23. The van der Waals surface area contributed by atoms with Gasteiger partial charge in [0, 0.05) is 39.0 Å². The summed E-state index contributed by atoms with van der Waals surface area (Å²) in [6.07, 6.45) is 1.84. The van der Waals surface area contributed by atoms with E-state index < -0.39 is 6.10 Å². The van der Waals surface area contributed by atoms with E-state index in [9.17, 15) is 14.0 Å². The molecule has 1 saturated heterocycles. The van der Waals surface area contributed by atoms with Crippen LogP contribution >= 0.6 is 0 Å². The van der Waals surface area contributed by atoms with Gasteiger partial charge in [0.15, 0.2) is 0 Å². The molecule has 152 valence electrons. The topological polar surface area (TPSA) is 62.2 Å². The van der Waals surface area contributed by atoms with E-state index in [1.165, 1.54) is 12.1 Å². The fourth-order valence-electron chi connectivity index (χ4n) is 3.92. The molecule has 7 heteroatoms. The number of amides is 2. The molecule has 2 unspecified atom stereocenters. The van der Waals surface area contributed by atoms with Gasteiger partial charge in [0.05, 0.1) is 11.6 Å². The molecule has 2 amide bonds. The van der Waals surface area contributed by atoms with Gasteiger partial charge in [-0.1, -0.05) is 17.3 Å². The van der Waals surface area contributed by atoms with Gasteiger partial charge >= 0.3 is 0 Å². The normalized spacial score (nSPS) is 21.8. The van der Waals surface area contributed by atoms with Gasteiger partial charge < -0.3 is 14.6 Å². The van der Waals surface area contributed by atoms with Crippen LogP contribution in [0, 0.1) is 11.7 Å². The van der Waals surface area contributed by atoms with Crippen molar-refractivity contribution in [2.75, 3.05) is 26.2 Å². The summed E-state index contributed by atoms with van der Waals surface area (Å²) >= 11 is 0. The SMILES string of the molecule is CCN(CC)C(=O)C1CCCN(C(=O)C2CC(Cc3cccc(F)c3)=NO2)C1. The summed E-state index contributed by atoms with van der Waals surface area (Å²) in [4.78, 5) is 34.4. The number of likely N-dealkylation sites (tertiary alicyclic amines) is 1. The van der Waals surface area contributed by atoms with Crippen LogP contribution in [0.25, 0.3) is 0 Å². The third kappa shape index (κ3) is 4.69. The minimum atomic E-state index is -0.647. The van der Waals surface area contributed by atoms with Crippen molar-refractivity contribution in [3.63, 3.8) is 0 Å². The number of carbonyl (C=O) groups excluding carboxylic acids is 2. The third-order valence-electron chi connectivity index (χ3n) is 5.46. The van der Waals surface area contributed by atoms with Crippen molar-refractivity contribution in [1.82, 2.24) is 9.80 Å². The predicted molar refractivity (Wildman–Crippen MR) is 104 cm³/mol. The van der Waals surface area contributed by atoms with Crippen LogP contribution in [0.15, 0.2) is 29.4 Å². The number of benzene rings is 1. The van der Waals surface area contributed by atoms with Crippen molar-refractivity contribution in [3.05, 3.63) is 35.6 Å². The van der Waals surface area contributed by atoms with E-state index >= 15 is 0 Å². The smallest absolute Gasteiger partial charge is 0.266 e. The Bertz CT molecular complexity index is 748. The van der Waals surface area contributed by atoms with Crippen LogP contribution in [0.4, 0.5) is 4.39 Å². The number of piperidine rings is 1. The Morgan fingerprint density at radius 2 is 2.11 bits per heavy atom. The molecule has 0 bridgehead atoms. The summed E-state index contributed by atoms with van der Waals surface area (Å²) in [5, 5.41) is 4.04. The lowest BCUT2D eigenvalue weighted by molar-refractivity contribution is -0.147. The fraction of sp³-hybridized carbons (Fsp3) is 0.571. The first-order valence-corrected chi connectivity index (χ1v) is 10.0. The monoisotopic (exact) mass is 389 g/mol. The summed E-state index contributed by atoms with van der Waals surface area (Å²) < 4.78 is 13.3. The Labute approximate surface area is 165 Å². The molecule has 3 rings (SSSR count). The quantitative estimate of drug-likeness (QED) is 0.751. The molecule has 0 spiro atoms. The number of halogens is 1. The predicted octanol–water partition coefficient (Wildman–Crippen LogP) is 2.62. The first-order chi connectivity index (χ1) is 13.5. The molecule has 2 aliphatic rings. The molecule has 1 fully saturated rings. The third-order valence-corrected chi connectivity index (χ3v) is 5.46. The van der Waals surface area contributed by atoms with Crippen LogP contribution in [0.1, 0.15) is 38.7 Å². The standard InChI is InChI=1S/C21H28FN3O3/c1-3-24(4-2)20(26)16-8-6-10-25(14-16)21(27)19-13-18(23-28-19)12-15-7-5-9-17(22)11-15/h5,7,9,11,16,19H,3-4,6,8,10,12-14H2,1-2H3.